The number of ether oxygens (including phenoxy) is 1. The third kappa shape index (κ3) is 3.78. The molecule has 0 unspecified atom stereocenters. The van der Waals surface area contributed by atoms with E-state index in [0.717, 1.165) is 28.6 Å². The highest BCUT2D eigenvalue weighted by Gasteiger charge is 2.33. The van der Waals surface area contributed by atoms with Crippen LogP contribution in [0.4, 0.5) is 5.82 Å². The molecule has 0 radical (unpaired) electrons. The van der Waals surface area contributed by atoms with Gasteiger partial charge in [-0.25, -0.2) is 9.97 Å². The van der Waals surface area contributed by atoms with Gasteiger partial charge >= 0.3 is 0 Å². The first-order chi connectivity index (χ1) is 12.9. The van der Waals surface area contributed by atoms with Gasteiger partial charge in [0.1, 0.15) is 10.6 Å². The molecule has 1 aromatic carbocycles. The number of aromatic nitrogens is 2. The zero-order chi connectivity index (χ0) is 19.2. The second-order valence-corrected chi connectivity index (χ2v) is 9.74. The molecule has 1 atom stereocenters. The molecule has 2 aromatic heterocycles. The summed E-state index contributed by atoms with van der Waals surface area (Å²) < 4.78 is 6.06. The molecule has 0 amide bonds. The lowest BCUT2D eigenvalue weighted by atomic mass is 9.90. The zero-order valence-electron chi connectivity index (χ0n) is 15.0. The van der Waals surface area contributed by atoms with Crippen molar-refractivity contribution in [2.75, 3.05) is 5.73 Å². The molecule has 4 rings (SSSR count). The zero-order valence-corrected chi connectivity index (χ0v) is 18.2. The van der Waals surface area contributed by atoms with Gasteiger partial charge in [0.25, 0.3) is 0 Å². The summed E-state index contributed by atoms with van der Waals surface area (Å²) >= 11 is 15.4. The molecule has 4 nitrogen and oxygen atoms in total. The van der Waals surface area contributed by atoms with Crippen LogP contribution in [0.2, 0.25) is 10.0 Å². The van der Waals surface area contributed by atoms with Gasteiger partial charge in [-0.2, -0.15) is 0 Å². The number of thioether (sulfide) groups is 1. The maximum absolute atomic E-state index is 6.33. The van der Waals surface area contributed by atoms with Crippen molar-refractivity contribution >= 4 is 62.3 Å². The predicted molar refractivity (Wildman–Crippen MR) is 115 cm³/mol. The Balaban J connectivity index is 1.63. The Morgan fingerprint density at radius 1 is 1.33 bits per heavy atom. The van der Waals surface area contributed by atoms with Crippen molar-refractivity contribution in [3.05, 3.63) is 44.2 Å². The van der Waals surface area contributed by atoms with E-state index in [9.17, 15) is 0 Å². The first-order valence-electron chi connectivity index (χ1n) is 8.67. The summed E-state index contributed by atoms with van der Waals surface area (Å²) in [5.74, 6) is 1.20. The van der Waals surface area contributed by atoms with E-state index in [4.69, 9.17) is 38.7 Å². The first-order valence-corrected chi connectivity index (χ1v) is 11.2. The minimum atomic E-state index is -0.147. The Bertz CT molecular complexity index is 1020. The van der Waals surface area contributed by atoms with Crippen molar-refractivity contribution in [3.63, 3.8) is 0 Å². The van der Waals surface area contributed by atoms with Crippen LogP contribution in [0.15, 0.2) is 23.4 Å². The van der Waals surface area contributed by atoms with E-state index >= 15 is 0 Å². The minimum absolute atomic E-state index is 0.147. The number of anilines is 1. The van der Waals surface area contributed by atoms with Crippen LogP contribution >= 0.6 is 46.3 Å². The van der Waals surface area contributed by atoms with Gasteiger partial charge < -0.3 is 10.5 Å². The molecular weight excluding hydrogens is 421 g/mol. The maximum Gasteiger partial charge on any atom is 0.191 e. The lowest BCUT2D eigenvalue weighted by molar-refractivity contribution is -0.0542. The van der Waals surface area contributed by atoms with E-state index in [-0.39, 0.29) is 5.60 Å². The van der Waals surface area contributed by atoms with E-state index in [2.05, 4.69) is 18.8 Å². The largest absolute Gasteiger partial charge is 0.383 e. The van der Waals surface area contributed by atoms with Crippen LogP contribution in [-0.2, 0) is 23.5 Å². The van der Waals surface area contributed by atoms with Gasteiger partial charge in [-0.15, -0.1) is 11.3 Å². The number of nitrogens with zero attached hydrogens (tertiary/aromatic N) is 2. The maximum atomic E-state index is 6.33. The Morgan fingerprint density at radius 2 is 2.15 bits per heavy atom. The SMILES string of the molecule is CC[C@]1(C)Cc2c(sc3nc(SCc4ccc(Cl)cc4Cl)nc(N)c23)CO1. The van der Waals surface area contributed by atoms with Gasteiger partial charge in [-0.3, -0.25) is 0 Å². The molecule has 8 heteroatoms. The predicted octanol–water partition coefficient (Wildman–Crippen LogP) is 6.11. The van der Waals surface area contributed by atoms with E-state index in [1.54, 1.807) is 17.4 Å². The van der Waals surface area contributed by atoms with E-state index in [0.29, 0.717) is 33.4 Å². The summed E-state index contributed by atoms with van der Waals surface area (Å²) in [4.78, 5) is 11.4. The Labute approximate surface area is 176 Å². The third-order valence-electron chi connectivity index (χ3n) is 4.96. The molecule has 0 saturated carbocycles. The average Bonchev–Trinajstić information content (AvgIpc) is 2.98. The summed E-state index contributed by atoms with van der Waals surface area (Å²) in [6, 6.07) is 5.50. The summed E-state index contributed by atoms with van der Waals surface area (Å²) in [7, 11) is 0. The normalized spacial score (nSPS) is 19.4. The van der Waals surface area contributed by atoms with Crippen LogP contribution in [0.1, 0.15) is 36.3 Å². The average molecular weight is 440 g/mol. The summed E-state index contributed by atoms with van der Waals surface area (Å²) in [5, 5.41) is 2.92. The highest BCUT2D eigenvalue weighted by molar-refractivity contribution is 7.98. The third-order valence-corrected chi connectivity index (χ3v) is 7.55. The molecule has 0 spiro atoms. The molecule has 0 bridgehead atoms. The molecule has 2 N–H and O–H groups in total. The Morgan fingerprint density at radius 3 is 2.89 bits per heavy atom. The smallest absolute Gasteiger partial charge is 0.191 e. The number of benzene rings is 1. The molecule has 27 heavy (non-hydrogen) atoms. The molecule has 3 heterocycles. The highest BCUT2D eigenvalue weighted by Crippen LogP contribution is 2.42. The number of halogens is 2. The van der Waals surface area contributed by atoms with Crippen molar-refractivity contribution in [2.24, 2.45) is 0 Å². The molecule has 0 saturated heterocycles. The van der Waals surface area contributed by atoms with Gasteiger partial charge in [-0.05, 0) is 36.6 Å². The second-order valence-electron chi connectivity index (χ2n) is 6.87. The number of hydrogen-bond donors (Lipinski definition) is 1. The number of nitrogens with two attached hydrogens (primary N) is 1. The van der Waals surface area contributed by atoms with Crippen LogP contribution < -0.4 is 5.73 Å². The first kappa shape index (κ1) is 19.3. The molecule has 1 aliphatic rings. The molecular formula is C19H19Cl2N3OS2. The van der Waals surface area contributed by atoms with Crippen molar-refractivity contribution in [2.45, 2.75) is 49.8 Å². The number of fused-ring (bicyclic) bond motifs is 3. The van der Waals surface area contributed by atoms with Crippen LogP contribution in [0.3, 0.4) is 0 Å². The van der Waals surface area contributed by atoms with E-state index in [1.165, 1.54) is 22.2 Å². The van der Waals surface area contributed by atoms with Crippen LogP contribution in [-0.4, -0.2) is 15.6 Å². The van der Waals surface area contributed by atoms with Crippen LogP contribution in [0.25, 0.3) is 10.2 Å². The lowest BCUT2D eigenvalue weighted by Gasteiger charge is -2.33. The standard InChI is InChI=1S/C19H19Cl2N3OS2/c1-3-19(2)7-12-14(8-25-19)27-17-15(12)16(22)23-18(24-17)26-9-10-4-5-11(20)6-13(10)21/h4-6H,3,7-9H2,1-2H3,(H2,22,23,24)/t19-/m1/s1. The van der Waals surface area contributed by atoms with Gasteiger partial charge in [-0.1, -0.05) is 48.0 Å². The van der Waals surface area contributed by atoms with Gasteiger partial charge in [0, 0.05) is 27.1 Å². The molecule has 1 aliphatic heterocycles. The Hall–Kier alpha value is -1.05. The topological polar surface area (TPSA) is 61.0 Å². The fraction of sp³-hybridized carbons (Fsp3) is 0.368. The molecule has 0 fully saturated rings. The van der Waals surface area contributed by atoms with Gasteiger partial charge in [0.2, 0.25) is 0 Å². The second kappa shape index (κ2) is 7.41. The molecule has 3 aromatic rings. The van der Waals surface area contributed by atoms with E-state index in [1.807, 2.05) is 12.1 Å². The molecule has 142 valence electrons. The fourth-order valence-corrected chi connectivity index (χ4v) is 5.73. The number of thiophene rings is 1. The summed E-state index contributed by atoms with van der Waals surface area (Å²) in [6.07, 6.45) is 1.81. The highest BCUT2D eigenvalue weighted by atomic mass is 35.5. The van der Waals surface area contributed by atoms with Crippen LogP contribution in [0, 0.1) is 0 Å². The van der Waals surface area contributed by atoms with Gasteiger partial charge in [0.15, 0.2) is 5.16 Å². The minimum Gasteiger partial charge on any atom is -0.383 e. The van der Waals surface area contributed by atoms with Crippen molar-refractivity contribution in [3.8, 4) is 0 Å². The fourth-order valence-electron chi connectivity index (χ4n) is 3.15. The van der Waals surface area contributed by atoms with Crippen molar-refractivity contribution in [1.29, 1.82) is 0 Å². The molecule has 0 aliphatic carbocycles. The van der Waals surface area contributed by atoms with Gasteiger partial charge in [0.05, 0.1) is 17.6 Å². The van der Waals surface area contributed by atoms with Crippen molar-refractivity contribution in [1.82, 2.24) is 9.97 Å². The quantitative estimate of drug-likeness (QED) is 0.392. The van der Waals surface area contributed by atoms with Crippen molar-refractivity contribution < 1.29 is 4.74 Å². The number of nitrogen functional groups attached to an aromatic ring is 1. The van der Waals surface area contributed by atoms with E-state index < -0.39 is 0 Å². The summed E-state index contributed by atoms with van der Waals surface area (Å²) in [6.45, 7) is 4.91. The number of hydrogen-bond acceptors (Lipinski definition) is 6. The summed E-state index contributed by atoms with van der Waals surface area (Å²) in [5.41, 5.74) is 8.43. The monoisotopic (exact) mass is 439 g/mol. The lowest BCUT2D eigenvalue weighted by Crippen LogP contribution is -2.33. The number of rotatable bonds is 4. The van der Waals surface area contributed by atoms with Crippen LogP contribution in [0.5, 0.6) is 0 Å². The Kier molecular flexibility index (Phi) is 5.29.